The molecule has 0 fully saturated rings. The van der Waals surface area contributed by atoms with Crippen LogP contribution in [0.1, 0.15) is 38.2 Å². The Labute approximate surface area is 140 Å². The number of ether oxygens (including phenoxy) is 1. The van der Waals surface area contributed by atoms with Gasteiger partial charge in [0.05, 0.1) is 29.0 Å². The fourth-order valence-corrected chi connectivity index (χ4v) is 2.65. The molecule has 2 aromatic rings. The smallest absolute Gasteiger partial charge is 0.280 e. The van der Waals surface area contributed by atoms with Crippen LogP contribution in [-0.2, 0) is 5.54 Å². The number of anilines is 1. The average Bonchev–Trinajstić information content (AvgIpc) is 2.97. The molecule has 1 amide bonds. The zero-order valence-electron chi connectivity index (χ0n) is 13.6. The van der Waals surface area contributed by atoms with Crippen LogP contribution in [0.5, 0.6) is 5.75 Å². The van der Waals surface area contributed by atoms with Gasteiger partial charge in [-0.3, -0.25) is 9.69 Å². The van der Waals surface area contributed by atoms with Gasteiger partial charge in [-0.2, -0.15) is 0 Å². The van der Waals surface area contributed by atoms with Gasteiger partial charge >= 0.3 is 0 Å². The van der Waals surface area contributed by atoms with Gasteiger partial charge in [-0.05, 0) is 39.8 Å². The van der Waals surface area contributed by atoms with E-state index in [1.54, 1.807) is 27.9 Å². The van der Waals surface area contributed by atoms with E-state index in [2.05, 4.69) is 10.3 Å². The molecule has 122 valence electrons. The topological polar surface area (TPSA) is 60.2 Å². The van der Waals surface area contributed by atoms with Gasteiger partial charge < -0.3 is 4.74 Å². The molecule has 2 heterocycles. The Balaban J connectivity index is 1.97. The predicted octanol–water partition coefficient (Wildman–Crippen LogP) is 3.11. The van der Waals surface area contributed by atoms with Crippen LogP contribution in [0.3, 0.4) is 0 Å². The van der Waals surface area contributed by atoms with Crippen molar-refractivity contribution in [3.8, 4) is 5.75 Å². The predicted molar refractivity (Wildman–Crippen MR) is 88.2 cm³/mol. The summed E-state index contributed by atoms with van der Waals surface area (Å²) < 4.78 is 7.45. The van der Waals surface area contributed by atoms with Crippen LogP contribution in [0.25, 0.3) is 0 Å². The summed E-state index contributed by atoms with van der Waals surface area (Å²) in [5, 5.41) is 8.57. The number of para-hydroxylation sites is 1. The molecule has 0 bridgehead atoms. The number of aromatic nitrogens is 3. The molecular formula is C16H19ClN4O2. The van der Waals surface area contributed by atoms with Crippen molar-refractivity contribution in [3.05, 3.63) is 35.1 Å². The molecule has 1 aliphatic heterocycles. The van der Waals surface area contributed by atoms with E-state index in [0.717, 1.165) is 0 Å². The lowest BCUT2D eigenvalue weighted by Gasteiger charge is -2.33. The molecule has 1 unspecified atom stereocenters. The second-order valence-electron chi connectivity index (χ2n) is 6.65. The number of nitrogens with zero attached hydrogens (tertiary/aromatic N) is 4. The van der Waals surface area contributed by atoms with E-state index in [4.69, 9.17) is 16.3 Å². The van der Waals surface area contributed by atoms with Crippen molar-refractivity contribution < 1.29 is 9.53 Å². The molecule has 0 saturated heterocycles. The first-order valence-corrected chi connectivity index (χ1v) is 7.85. The molecule has 7 heteroatoms. The van der Waals surface area contributed by atoms with Crippen LogP contribution in [-0.4, -0.2) is 33.5 Å². The fraction of sp³-hybridized carbons (Fsp3) is 0.438. The van der Waals surface area contributed by atoms with Gasteiger partial charge in [0.2, 0.25) is 0 Å². The first-order valence-electron chi connectivity index (χ1n) is 7.47. The van der Waals surface area contributed by atoms with Crippen LogP contribution < -0.4 is 9.64 Å². The van der Waals surface area contributed by atoms with Gasteiger partial charge in [-0.25, -0.2) is 4.68 Å². The number of carbonyl (C=O) groups excluding carboxylic acids is 1. The summed E-state index contributed by atoms with van der Waals surface area (Å²) in [4.78, 5) is 14.5. The summed E-state index contributed by atoms with van der Waals surface area (Å²) in [6.45, 7) is 8.35. The van der Waals surface area contributed by atoms with Gasteiger partial charge in [0, 0.05) is 0 Å². The largest absolute Gasteiger partial charge is 0.485 e. The number of rotatable bonds is 1. The average molecular weight is 335 g/mol. The summed E-state index contributed by atoms with van der Waals surface area (Å²) in [5.41, 5.74) is 0.733. The van der Waals surface area contributed by atoms with Crippen molar-refractivity contribution in [1.29, 1.82) is 0 Å². The highest BCUT2D eigenvalue weighted by molar-refractivity contribution is 6.32. The maximum Gasteiger partial charge on any atom is 0.280 e. The Morgan fingerprint density at radius 1 is 1.39 bits per heavy atom. The molecule has 3 rings (SSSR count). The summed E-state index contributed by atoms with van der Waals surface area (Å²) in [6.07, 6.45) is 1.52. The minimum atomic E-state index is -0.231. The maximum absolute atomic E-state index is 12.9. The molecule has 0 radical (unpaired) electrons. The summed E-state index contributed by atoms with van der Waals surface area (Å²) in [6, 6.07) is 5.36. The fourth-order valence-electron chi connectivity index (χ4n) is 2.44. The first-order chi connectivity index (χ1) is 10.8. The Morgan fingerprint density at radius 2 is 2.13 bits per heavy atom. The van der Waals surface area contributed by atoms with Crippen LogP contribution in [0.4, 0.5) is 5.69 Å². The Bertz CT molecular complexity index is 751. The van der Waals surface area contributed by atoms with E-state index in [9.17, 15) is 4.79 Å². The monoisotopic (exact) mass is 334 g/mol. The van der Waals surface area contributed by atoms with Gasteiger partial charge in [0.25, 0.3) is 5.91 Å². The Hall–Kier alpha value is -2.08. The molecule has 1 aromatic carbocycles. The summed E-state index contributed by atoms with van der Waals surface area (Å²) in [7, 11) is 0. The molecule has 0 saturated carbocycles. The number of amides is 1. The Morgan fingerprint density at radius 3 is 2.78 bits per heavy atom. The van der Waals surface area contributed by atoms with Gasteiger partial charge in [-0.1, -0.05) is 22.9 Å². The van der Waals surface area contributed by atoms with E-state index in [1.165, 1.54) is 0 Å². The molecule has 23 heavy (non-hydrogen) atoms. The third kappa shape index (κ3) is 2.91. The third-order valence-electron chi connectivity index (χ3n) is 3.64. The standard InChI is InChI=1S/C16H19ClN4O2/c1-10-8-20(13-7-5-6-11(17)14(13)23-10)15(22)12-9-21(19-18-12)16(2,3)4/h5-7,9-10H,8H2,1-4H3. The lowest BCUT2D eigenvalue weighted by Crippen LogP contribution is -2.42. The highest BCUT2D eigenvalue weighted by atomic mass is 35.5. The van der Waals surface area contributed by atoms with Crippen molar-refractivity contribution in [2.75, 3.05) is 11.4 Å². The highest BCUT2D eigenvalue weighted by Crippen LogP contribution is 2.39. The molecule has 1 atom stereocenters. The zero-order valence-corrected chi connectivity index (χ0v) is 14.3. The van der Waals surface area contributed by atoms with E-state index < -0.39 is 0 Å². The zero-order chi connectivity index (χ0) is 16.8. The summed E-state index contributed by atoms with van der Waals surface area (Å²) in [5.74, 6) is 0.323. The van der Waals surface area contributed by atoms with E-state index in [-0.39, 0.29) is 17.6 Å². The number of hydrogen-bond acceptors (Lipinski definition) is 4. The molecule has 1 aromatic heterocycles. The summed E-state index contributed by atoms with van der Waals surface area (Å²) >= 11 is 6.19. The quantitative estimate of drug-likeness (QED) is 0.804. The van der Waals surface area contributed by atoms with E-state index in [0.29, 0.717) is 28.7 Å². The third-order valence-corrected chi connectivity index (χ3v) is 3.94. The molecule has 0 spiro atoms. The normalized spacial score (nSPS) is 17.6. The molecular weight excluding hydrogens is 316 g/mol. The van der Waals surface area contributed by atoms with E-state index >= 15 is 0 Å². The van der Waals surface area contributed by atoms with Crippen molar-refractivity contribution >= 4 is 23.2 Å². The molecule has 0 N–H and O–H groups in total. The number of hydrogen-bond donors (Lipinski definition) is 0. The van der Waals surface area contributed by atoms with Gasteiger partial charge in [-0.15, -0.1) is 5.10 Å². The van der Waals surface area contributed by atoms with Crippen molar-refractivity contribution in [2.45, 2.75) is 39.3 Å². The minimum Gasteiger partial charge on any atom is -0.485 e. The number of halogens is 1. The van der Waals surface area contributed by atoms with Crippen molar-refractivity contribution in [1.82, 2.24) is 15.0 Å². The second kappa shape index (κ2) is 5.53. The highest BCUT2D eigenvalue weighted by Gasteiger charge is 2.31. The van der Waals surface area contributed by atoms with E-state index in [1.807, 2.05) is 33.8 Å². The van der Waals surface area contributed by atoms with Crippen molar-refractivity contribution in [2.24, 2.45) is 0 Å². The molecule has 6 nitrogen and oxygen atoms in total. The van der Waals surface area contributed by atoms with Crippen molar-refractivity contribution in [3.63, 3.8) is 0 Å². The van der Waals surface area contributed by atoms with Crippen LogP contribution in [0.15, 0.2) is 24.4 Å². The second-order valence-corrected chi connectivity index (χ2v) is 7.06. The van der Waals surface area contributed by atoms with Gasteiger partial charge in [0.1, 0.15) is 6.10 Å². The number of benzene rings is 1. The lowest BCUT2D eigenvalue weighted by atomic mass is 10.1. The molecule has 0 aliphatic carbocycles. The molecule has 1 aliphatic rings. The Kier molecular flexibility index (Phi) is 3.80. The number of fused-ring (bicyclic) bond motifs is 1. The van der Waals surface area contributed by atoms with Crippen LogP contribution in [0.2, 0.25) is 5.02 Å². The van der Waals surface area contributed by atoms with Crippen LogP contribution >= 0.6 is 11.6 Å². The van der Waals surface area contributed by atoms with Crippen LogP contribution in [0, 0.1) is 0 Å². The van der Waals surface area contributed by atoms with Gasteiger partial charge in [0.15, 0.2) is 11.4 Å². The SMILES string of the molecule is CC1CN(C(=O)c2cn(C(C)(C)C)nn2)c2cccc(Cl)c2O1. The lowest BCUT2D eigenvalue weighted by molar-refractivity contribution is 0.0956. The first kappa shape index (κ1) is 15.8. The minimum absolute atomic E-state index is 0.149. The number of carbonyl (C=O) groups is 1. The maximum atomic E-state index is 12.9.